The van der Waals surface area contributed by atoms with E-state index in [1.807, 2.05) is 30.3 Å². The van der Waals surface area contributed by atoms with E-state index in [1.54, 1.807) is 11.3 Å². The molecule has 2 aromatic carbocycles. The highest BCUT2D eigenvalue weighted by molar-refractivity contribution is 7.14. The van der Waals surface area contributed by atoms with E-state index in [0.29, 0.717) is 5.92 Å². The summed E-state index contributed by atoms with van der Waals surface area (Å²) in [5.74, 6) is 0.553. The summed E-state index contributed by atoms with van der Waals surface area (Å²) >= 11 is 1.59. The van der Waals surface area contributed by atoms with Crippen molar-refractivity contribution in [3.8, 4) is 11.3 Å². The van der Waals surface area contributed by atoms with Crippen LogP contribution >= 0.6 is 11.3 Å². The van der Waals surface area contributed by atoms with Crippen LogP contribution in [0.4, 0.5) is 10.8 Å². The molecule has 0 aliphatic carbocycles. The normalized spacial score (nSPS) is 10.7. The molecule has 112 valence electrons. The van der Waals surface area contributed by atoms with E-state index in [2.05, 4.69) is 59.3 Å². The largest absolute Gasteiger partial charge is 0.299 e. The van der Waals surface area contributed by atoms with Crippen molar-refractivity contribution in [1.82, 2.24) is 4.98 Å². The van der Waals surface area contributed by atoms with Gasteiger partial charge in [-0.25, -0.2) is 4.98 Å². The molecule has 3 aromatic rings. The highest BCUT2D eigenvalue weighted by atomic mass is 32.1. The lowest BCUT2D eigenvalue weighted by Crippen LogP contribution is -2.07. The quantitative estimate of drug-likeness (QED) is 0.622. The van der Waals surface area contributed by atoms with Crippen molar-refractivity contribution in [3.05, 3.63) is 65.5 Å². The minimum Gasteiger partial charge on any atom is -0.299 e. The van der Waals surface area contributed by atoms with Gasteiger partial charge in [-0.15, -0.1) is 11.3 Å². The Morgan fingerprint density at radius 1 is 0.909 bits per heavy atom. The number of nitrogens with zero attached hydrogens (tertiary/aromatic N) is 1. The molecule has 0 atom stereocenters. The molecular formula is C18H19N3S. The van der Waals surface area contributed by atoms with Crippen LogP contribution in [0.25, 0.3) is 11.3 Å². The van der Waals surface area contributed by atoms with Gasteiger partial charge in [-0.2, -0.15) is 0 Å². The molecule has 0 bridgehead atoms. The van der Waals surface area contributed by atoms with Gasteiger partial charge in [0.1, 0.15) is 0 Å². The molecule has 22 heavy (non-hydrogen) atoms. The number of hydrogen-bond acceptors (Lipinski definition) is 4. The average molecular weight is 309 g/mol. The molecule has 3 rings (SSSR count). The predicted molar refractivity (Wildman–Crippen MR) is 95.3 cm³/mol. The summed E-state index contributed by atoms with van der Waals surface area (Å²) < 4.78 is 0. The van der Waals surface area contributed by atoms with E-state index in [9.17, 15) is 0 Å². The highest BCUT2D eigenvalue weighted by Gasteiger charge is 2.05. The Balaban J connectivity index is 1.68. The number of benzene rings is 2. The minimum absolute atomic E-state index is 0.553. The van der Waals surface area contributed by atoms with Gasteiger partial charge in [-0.1, -0.05) is 56.3 Å². The Kier molecular flexibility index (Phi) is 4.39. The van der Waals surface area contributed by atoms with E-state index >= 15 is 0 Å². The smallest absolute Gasteiger partial charge is 0.202 e. The Hall–Kier alpha value is -2.33. The summed E-state index contributed by atoms with van der Waals surface area (Å²) in [7, 11) is 0. The van der Waals surface area contributed by atoms with Crippen LogP contribution in [-0.4, -0.2) is 4.98 Å². The summed E-state index contributed by atoms with van der Waals surface area (Å²) in [5, 5.41) is 2.92. The second kappa shape index (κ2) is 6.62. The fraction of sp³-hybridized carbons (Fsp3) is 0.167. The van der Waals surface area contributed by atoms with Crippen LogP contribution in [0.3, 0.4) is 0 Å². The topological polar surface area (TPSA) is 37.0 Å². The lowest BCUT2D eigenvalue weighted by atomic mass is 10.0. The van der Waals surface area contributed by atoms with Gasteiger partial charge in [-0.05, 0) is 23.6 Å². The van der Waals surface area contributed by atoms with Gasteiger partial charge in [0, 0.05) is 10.9 Å². The summed E-state index contributed by atoms with van der Waals surface area (Å²) in [6.45, 7) is 4.41. The van der Waals surface area contributed by atoms with Gasteiger partial charge in [0.2, 0.25) is 5.13 Å². The van der Waals surface area contributed by atoms with E-state index in [0.717, 1.165) is 22.1 Å². The maximum atomic E-state index is 4.61. The summed E-state index contributed by atoms with van der Waals surface area (Å²) in [4.78, 5) is 4.61. The molecular weight excluding hydrogens is 290 g/mol. The highest BCUT2D eigenvalue weighted by Crippen LogP contribution is 2.26. The van der Waals surface area contributed by atoms with Gasteiger partial charge in [-0.3, -0.25) is 10.9 Å². The van der Waals surface area contributed by atoms with Crippen molar-refractivity contribution in [3.63, 3.8) is 0 Å². The lowest BCUT2D eigenvalue weighted by molar-refractivity contribution is 0.867. The SMILES string of the molecule is CC(C)c1ccc(-c2csc(NNc3ccccc3)n2)cc1. The maximum Gasteiger partial charge on any atom is 0.202 e. The number of anilines is 2. The van der Waals surface area contributed by atoms with Crippen molar-refractivity contribution < 1.29 is 0 Å². The summed E-state index contributed by atoms with van der Waals surface area (Å²) in [5.41, 5.74) is 10.8. The Labute approximate surface area is 135 Å². The maximum absolute atomic E-state index is 4.61. The van der Waals surface area contributed by atoms with Crippen LogP contribution in [0, 0.1) is 0 Å². The Morgan fingerprint density at radius 2 is 1.64 bits per heavy atom. The fourth-order valence-corrected chi connectivity index (χ4v) is 2.82. The molecule has 0 amide bonds. The molecule has 0 aliphatic rings. The molecule has 0 radical (unpaired) electrons. The van der Waals surface area contributed by atoms with Crippen LogP contribution in [0.2, 0.25) is 0 Å². The monoisotopic (exact) mass is 309 g/mol. The Bertz CT molecular complexity index is 718. The molecule has 0 aliphatic heterocycles. The third-order valence-electron chi connectivity index (χ3n) is 3.46. The first-order valence-electron chi connectivity index (χ1n) is 7.35. The summed E-state index contributed by atoms with van der Waals surface area (Å²) in [6, 6.07) is 18.6. The fourth-order valence-electron chi connectivity index (χ4n) is 2.15. The molecule has 1 aromatic heterocycles. The summed E-state index contributed by atoms with van der Waals surface area (Å²) in [6.07, 6.45) is 0. The zero-order valence-corrected chi connectivity index (χ0v) is 13.5. The molecule has 0 unspecified atom stereocenters. The molecule has 4 heteroatoms. The number of nitrogens with one attached hydrogen (secondary N) is 2. The molecule has 0 fully saturated rings. The number of thiazole rings is 1. The van der Waals surface area contributed by atoms with Crippen molar-refractivity contribution in [1.29, 1.82) is 0 Å². The molecule has 2 N–H and O–H groups in total. The predicted octanol–water partition coefficient (Wildman–Crippen LogP) is 5.37. The van der Waals surface area contributed by atoms with Gasteiger partial charge in [0.25, 0.3) is 0 Å². The first-order chi connectivity index (χ1) is 10.7. The lowest BCUT2D eigenvalue weighted by Gasteiger charge is -2.06. The molecule has 0 saturated carbocycles. The number of hydrazine groups is 1. The second-order valence-corrected chi connectivity index (χ2v) is 6.29. The van der Waals surface area contributed by atoms with E-state index in [-0.39, 0.29) is 0 Å². The van der Waals surface area contributed by atoms with Crippen LogP contribution in [0.5, 0.6) is 0 Å². The van der Waals surface area contributed by atoms with Gasteiger partial charge in [0.15, 0.2) is 0 Å². The first kappa shape index (κ1) is 14.6. The first-order valence-corrected chi connectivity index (χ1v) is 8.23. The number of para-hydroxylation sites is 1. The standard InChI is InChI=1S/C18H19N3S/c1-13(2)14-8-10-15(11-9-14)17-12-22-18(19-17)21-20-16-6-4-3-5-7-16/h3-13,20H,1-2H3,(H,19,21). The van der Waals surface area contributed by atoms with Crippen LogP contribution in [0.15, 0.2) is 60.0 Å². The van der Waals surface area contributed by atoms with Crippen molar-refractivity contribution >= 4 is 22.2 Å². The molecule has 0 spiro atoms. The molecule has 1 heterocycles. The molecule has 3 nitrogen and oxygen atoms in total. The molecule has 0 saturated heterocycles. The van der Waals surface area contributed by atoms with Crippen LogP contribution in [0.1, 0.15) is 25.3 Å². The van der Waals surface area contributed by atoms with Crippen molar-refractivity contribution in [2.75, 3.05) is 10.9 Å². The van der Waals surface area contributed by atoms with E-state index in [4.69, 9.17) is 0 Å². The van der Waals surface area contributed by atoms with E-state index < -0.39 is 0 Å². The number of rotatable bonds is 5. The Morgan fingerprint density at radius 3 is 2.32 bits per heavy atom. The third-order valence-corrected chi connectivity index (χ3v) is 4.22. The number of hydrogen-bond donors (Lipinski definition) is 2. The third kappa shape index (κ3) is 3.46. The zero-order chi connectivity index (χ0) is 15.4. The van der Waals surface area contributed by atoms with Crippen molar-refractivity contribution in [2.24, 2.45) is 0 Å². The average Bonchev–Trinajstić information content (AvgIpc) is 3.03. The van der Waals surface area contributed by atoms with Crippen LogP contribution < -0.4 is 10.9 Å². The van der Waals surface area contributed by atoms with Crippen molar-refractivity contribution in [2.45, 2.75) is 19.8 Å². The van der Waals surface area contributed by atoms with Crippen LogP contribution in [-0.2, 0) is 0 Å². The van der Waals surface area contributed by atoms with Gasteiger partial charge < -0.3 is 0 Å². The van der Waals surface area contributed by atoms with Gasteiger partial charge in [0.05, 0.1) is 11.4 Å². The minimum atomic E-state index is 0.553. The number of aromatic nitrogens is 1. The van der Waals surface area contributed by atoms with E-state index in [1.165, 1.54) is 5.56 Å². The second-order valence-electron chi connectivity index (χ2n) is 5.43. The van der Waals surface area contributed by atoms with Gasteiger partial charge >= 0.3 is 0 Å². The zero-order valence-electron chi connectivity index (χ0n) is 12.7.